The van der Waals surface area contributed by atoms with Crippen molar-refractivity contribution >= 4 is 17.4 Å². The Kier molecular flexibility index (Phi) is 4.01. The SMILES string of the molecule is CC(C)c1ccc(C(=O)C[C@]2(O)C(=O)N(C)c3ccccc32)cc1. The van der Waals surface area contributed by atoms with E-state index in [1.165, 1.54) is 4.90 Å². The normalized spacial score (nSPS) is 19.7. The molecule has 24 heavy (non-hydrogen) atoms. The second kappa shape index (κ2) is 5.87. The predicted octanol–water partition coefficient (Wildman–Crippen LogP) is 3.25. The van der Waals surface area contributed by atoms with Gasteiger partial charge in [0.2, 0.25) is 0 Å². The van der Waals surface area contributed by atoms with E-state index in [1.807, 2.05) is 12.1 Å². The van der Waals surface area contributed by atoms with Crippen molar-refractivity contribution in [2.45, 2.75) is 31.8 Å². The lowest BCUT2D eigenvalue weighted by molar-refractivity contribution is -0.135. The molecule has 0 bridgehead atoms. The molecule has 1 heterocycles. The minimum absolute atomic E-state index is 0.244. The van der Waals surface area contributed by atoms with Gasteiger partial charge < -0.3 is 10.0 Å². The van der Waals surface area contributed by atoms with Gasteiger partial charge in [0, 0.05) is 18.2 Å². The first-order valence-corrected chi connectivity index (χ1v) is 8.08. The number of aliphatic hydroxyl groups is 1. The Labute approximate surface area is 141 Å². The number of nitrogens with zero attached hydrogens (tertiary/aromatic N) is 1. The summed E-state index contributed by atoms with van der Waals surface area (Å²) in [5.74, 6) is -0.322. The maximum absolute atomic E-state index is 12.6. The summed E-state index contributed by atoms with van der Waals surface area (Å²) in [5.41, 5.74) is 0.997. The number of likely N-dealkylation sites (N-methyl/N-ethyl adjacent to an activating group) is 1. The molecule has 1 N–H and O–H groups in total. The van der Waals surface area contributed by atoms with Crippen LogP contribution in [-0.4, -0.2) is 23.8 Å². The number of anilines is 1. The standard InChI is InChI=1S/C20H21NO3/c1-13(2)14-8-10-15(11-9-14)18(22)12-20(24)16-6-4-5-7-17(16)21(3)19(20)23/h4-11,13,24H,12H2,1-3H3/t20-/m1/s1. The Morgan fingerprint density at radius 3 is 2.38 bits per heavy atom. The van der Waals surface area contributed by atoms with E-state index in [-0.39, 0.29) is 12.2 Å². The van der Waals surface area contributed by atoms with Crippen LogP contribution in [0.4, 0.5) is 5.69 Å². The summed E-state index contributed by atoms with van der Waals surface area (Å²) in [4.78, 5) is 26.5. The average molecular weight is 323 g/mol. The van der Waals surface area contributed by atoms with Crippen molar-refractivity contribution < 1.29 is 14.7 Å². The van der Waals surface area contributed by atoms with Crippen molar-refractivity contribution in [2.24, 2.45) is 0 Å². The Balaban J connectivity index is 1.90. The van der Waals surface area contributed by atoms with E-state index in [2.05, 4.69) is 13.8 Å². The first kappa shape index (κ1) is 16.4. The van der Waals surface area contributed by atoms with Gasteiger partial charge in [0.15, 0.2) is 11.4 Å². The lowest BCUT2D eigenvalue weighted by Gasteiger charge is -2.21. The van der Waals surface area contributed by atoms with Crippen molar-refractivity contribution in [2.75, 3.05) is 11.9 Å². The van der Waals surface area contributed by atoms with Crippen LogP contribution in [0.15, 0.2) is 48.5 Å². The molecule has 2 aromatic rings. The van der Waals surface area contributed by atoms with Crippen LogP contribution < -0.4 is 4.90 Å². The molecule has 1 aliphatic heterocycles. The van der Waals surface area contributed by atoms with Crippen molar-refractivity contribution in [3.63, 3.8) is 0 Å². The molecule has 0 saturated carbocycles. The number of carbonyl (C=O) groups excluding carboxylic acids is 2. The van der Waals surface area contributed by atoms with Gasteiger partial charge in [-0.05, 0) is 17.5 Å². The fraction of sp³-hybridized carbons (Fsp3) is 0.300. The molecule has 1 amide bonds. The smallest absolute Gasteiger partial charge is 0.263 e. The molecular weight excluding hydrogens is 302 g/mol. The van der Waals surface area contributed by atoms with Gasteiger partial charge in [-0.15, -0.1) is 0 Å². The van der Waals surface area contributed by atoms with E-state index < -0.39 is 11.5 Å². The summed E-state index contributed by atoms with van der Waals surface area (Å²) in [6.07, 6.45) is -0.256. The zero-order valence-electron chi connectivity index (χ0n) is 14.1. The third kappa shape index (κ3) is 2.53. The summed E-state index contributed by atoms with van der Waals surface area (Å²) in [7, 11) is 1.61. The summed E-state index contributed by atoms with van der Waals surface area (Å²) >= 11 is 0. The molecule has 1 aliphatic rings. The maximum Gasteiger partial charge on any atom is 0.263 e. The van der Waals surface area contributed by atoms with Crippen LogP contribution in [0.5, 0.6) is 0 Å². The lowest BCUT2D eigenvalue weighted by atomic mass is 9.87. The van der Waals surface area contributed by atoms with Crippen LogP contribution in [0.2, 0.25) is 0 Å². The van der Waals surface area contributed by atoms with E-state index in [0.29, 0.717) is 22.7 Å². The molecule has 124 valence electrons. The number of hydrogen-bond acceptors (Lipinski definition) is 3. The molecule has 3 rings (SSSR count). The number of hydrogen-bond donors (Lipinski definition) is 1. The minimum atomic E-state index is -1.79. The minimum Gasteiger partial charge on any atom is -0.375 e. The fourth-order valence-electron chi connectivity index (χ4n) is 3.18. The first-order chi connectivity index (χ1) is 11.3. The number of benzene rings is 2. The van der Waals surface area contributed by atoms with Crippen molar-refractivity contribution in [1.82, 2.24) is 0 Å². The third-order valence-corrected chi connectivity index (χ3v) is 4.69. The second-order valence-corrected chi connectivity index (χ2v) is 6.62. The summed E-state index contributed by atoms with van der Waals surface area (Å²) in [6.45, 7) is 4.17. The fourth-order valence-corrected chi connectivity index (χ4v) is 3.18. The van der Waals surface area contributed by atoms with Crippen LogP contribution in [0.3, 0.4) is 0 Å². The lowest BCUT2D eigenvalue weighted by Crippen LogP contribution is -2.40. The van der Waals surface area contributed by atoms with Crippen molar-refractivity contribution in [3.05, 3.63) is 65.2 Å². The third-order valence-electron chi connectivity index (χ3n) is 4.69. The number of fused-ring (bicyclic) bond motifs is 1. The number of rotatable bonds is 4. The number of amides is 1. The first-order valence-electron chi connectivity index (χ1n) is 8.08. The van der Waals surface area contributed by atoms with Crippen LogP contribution in [-0.2, 0) is 10.4 Å². The van der Waals surface area contributed by atoms with Gasteiger partial charge in [0.05, 0.1) is 12.1 Å². The average Bonchev–Trinajstić information content (AvgIpc) is 2.77. The highest BCUT2D eigenvalue weighted by atomic mass is 16.3. The highest BCUT2D eigenvalue weighted by molar-refractivity contribution is 6.10. The number of ketones is 1. The maximum atomic E-state index is 12.6. The van der Waals surface area contributed by atoms with Gasteiger partial charge in [-0.3, -0.25) is 9.59 Å². The quantitative estimate of drug-likeness (QED) is 0.879. The number of para-hydroxylation sites is 1. The summed E-state index contributed by atoms with van der Waals surface area (Å²) in [6, 6.07) is 14.4. The molecule has 0 fully saturated rings. The highest BCUT2D eigenvalue weighted by Crippen LogP contribution is 2.41. The van der Waals surface area contributed by atoms with Crippen LogP contribution in [0.1, 0.15) is 47.7 Å². The highest BCUT2D eigenvalue weighted by Gasteiger charge is 2.49. The molecule has 0 radical (unpaired) electrons. The van der Waals surface area contributed by atoms with Crippen molar-refractivity contribution in [3.8, 4) is 0 Å². The molecule has 0 aliphatic carbocycles. The largest absolute Gasteiger partial charge is 0.375 e. The van der Waals surface area contributed by atoms with Crippen molar-refractivity contribution in [1.29, 1.82) is 0 Å². The van der Waals surface area contributed by atoms with Gasteiger partial charge in [-0.1, -0.05) is 56.3 Å². The Hall–Kier alpha value is -2.46. The van der Waals surface area contributed by atoms with Gasteiger partial charge in [0.1, 0.15) is 0 Å². The van der Waals surface area contributed by atoms with Gasteiger partial charge in [-0.2, -0.15) is 0 Å². The Morgan fingerprint density at radius 1 is 1.12 bits per heavy atom. The Bertz CT molecular complexity index is 795. The molecular formula is C20H21NO3. The van der Waals surface area contributed by atoms with Crippen LogP contribution in [0, 0.1) is 0 Å². The molecule has 0 aromatic heterocycles. The Morgan fingerprint density at radius 2 is 1.75 bits per heavy atom. The summed E-state index contributed by atoms with van der Waals surface area (Å²) in [5, 5.41) is 10.9. The van der Waals surface area contributed by atoms with Crippen LogP contribution in [0.25, 0.3) is 0 Å². The number of Topliss-reactive ketones (excluding diaryl/α,β-unsaturated/α-hetero) is 1. The molecule has 2 aromatic carbocycles. The number of carbonyl (C=O) groups is 2. The topological polar surface area (TPSA) is 57.6 Å². The zero-order chi connectivity index (χ0) is 17.5. The van der Waals surface area contributed by atoms with Gasteiger partial charge in [-0.25, -0.2) is 0 Å². The molecule has 0 saturated heterocycles. The van der Waals surface area contributed by atoms with E-state index in [0.717, 1.165) is 5.56 Å². The second-order valence-electron chi connectivity index (χ2n) is 6.62. The molecule has 4 heteroatoms. The molecule has 0 spiro atoms. The van der Waals surface area contributed by atoms with E-state index in [9.17, 15) is 14.7 Å². The van der Waals surface area contributed by atoms with E-state index in [1.54, 1.807) is 43.4 Å². The van der Waals surface area contributed by atoms with Crippen LogP contribution >= 0.6 is 0 Å². The van der Waals surface area contributed by atoms with E-state index >= 15 is 0 Å². The molecule has 4 nitrogen and oxygen atoms in total. The van der Waals surface area contributed by atoms with Gasteiger partial charge >= 0.3 is 0 Å². The predicted molar refractivity (Wildman–Crippen MR) is 93.2 cm³/mol. The van der Waals surface area contributed by atoms with Gasteiger partial charge in [0.25, 0.3) is 5.91 Å². The summed E-state index contributed by atoms with van der Waals surface area (Å²) < 4.78 is 0. The monoisotopic (exact) mass is 323 g/mol. The molecule has 0 unspecified atom stereocenters. The zero-order valence-corrected chi connectivity index (χ0v) is 14.1. The molecule has 1 atom stereocenters. The van der Waals surface area contributed by atoms with E-state index in [4.69, 9.17) is 0 Å².